The number of furan rings is 1. The van der Waals surface area contributed by atoms with Crippen molar-refractivity contribution in [2.45, 2.75) is 17.6 Å². The molecule has 0 bridgehead atoms. The lowest BCUT2D eigenvalue weighted by Gasteiger charge is -2.03. The van der Waals surface area contributed by atoms with Crippen LogP contribution in [-0.4, -0.2) is 22.2 Å². The number of rotatable bonds is 5. The Bertz CT molecular complexity index is 659. The highest BCUT2D eigenvalue weighted by molar-refractivity contribution is 7.98. The lowest BCUT2D eigenvalue weighted by Crippen LogP contribution is -1.98. The van der Waals surface area contributed by atoms with Gasteiger partial charge in [-0.05, 0) is 25.1 Å². The van der Waals surface area contributed by atoms with E-state index in [0.29, 0.717) is 22.2 Å². The number of benzene rings is 1. The second-order valence-corrected chi connectivity index (χ2v) is 5.09. The fraction of sp³-hybridized carbons (Fsp3) is 0.143. The van der Waals surface area contributed by atoms with Crippen LogP contribution in [0.25, 0.3) is 0 Å². The Hall–Kier alpha value is -2.21. The van der Waals surface area contributed by atoms with Crippen molar-refractivity contribution >= 4 is 23.7 Å². The molecule has 0 saturated carbocycles. The molecule has 1 heterocycles. The highest BCUT2D eigenvalue weighted by Gasteiger charge is 2.15. The Morgan fingerprint density at radius 2 is 1.80 bits per heavy atom. The summed E-state index contributed by atoms with van der Waals surface area (Å²) in [6.45, 7) is 1.59. The fourth-order valence-corrected chi connectivity index (χ4v) is 2.67. The topological polar surface area (TPSA) is 87.7 Å². The summed E-state index contributed by atoms with van der Waals surface area (Å²) in [7, 11) is 0. The van der Waals surface area contributed by atoms with E-state index in [-0.39, 0.29) is 11.1 Å². The average Bonchev–Trinajstić information content (AvgIpc) is 2.78. The third-order valence-corrected chi connectivity index (χ3v) is 3.78. The highest BCUT2D eigenvalue weighted by atomic mass is 32.2. The van der Waals surface area contributed by atoms with Crippen LogP contribution in [-0.2, 0) is 5.75 Å². The SMILES string of the molecule is Cc1oc(CSc2ccccc2C(=O)O)cc1C(=O)O. The molecule has 20 heavy (non-hydrogen) atoms. The minimum absolute atomic E-state index is 0.132. The quantitative estimate of drug-likeness (QED) is 0.822. The molecule has 6 heteroatoms. The predicted octanol–water partition coefficient (Wildman–Crippen LogP) is 3.28. The summed E-state index contributed by atoms with van der Waals surface area (Å²) in [5, 5.41) is 18.0. The van der Waals surface area contributed by atoms with Gasteiger partial charge in [-0.25, -0.2) is 9.59 Å². The number of carboxylic acids is 2. The molecule has 2 aromatic rings. The smallest absolute Gasteiger partial charge is 0.339 e. The maximum absolute atomic E-state index is 11.1. The van der Waals surface area contributed by atoms with Crippen LogP contribution in [0.1, 0.15) is 32.2 Å². The molecule has 0 saturated heterocycles. The van der Waals surface area contributed by atoms with Gasteiger partial charge in [0, 0.05) is 4.90 Å². The summed E-state index contributed by atoms with van der Waals surface area (Å²) < 4.78 is 5.35. The van der Waals surface area contributed by atoms with E-state index in [1.54, 1.807) is 25.1 Å². The van der Waals surface area contributed by atoms with Crippen molar-refractivity contribution in [1.82, 2.24) is 0 Å². The predicted molar refractivity (Wildman–Crippen MR) is 73.4 cm³/mol. The zero-order valence-corrected chi connectivity index (χ0v) is 11.4. The van der Waals surface area contributed by atoms with Crippen LogP contribution in [0.2, 0.25) is 0 Å². The van der Waals surface area contributed by atoms with E-state index in [9.17, 15) is 9.59 Å². The van der Waals surface area contributed by atoms with Crippen molar-refractivity contribution in [2.24, 2.45) is 0 Å². The van der Waals surface area contributed by atoms with Gasteiger partial charge in [-0.2, -0.15) is 0 Å². The molecule has 0 aliphatic carbocycles. The Morgan fingerprint density at radius 1 is 1.15 bits per heavy atom. The third-order valence-electron chi connectivity index (χ3n) is 2.69. The first kappa shape index (κ1) is 14.2. The number of carbonyl (C=O) groups is 2. The minimum Gasteiger partial charge on any atom is -0.478 e. The van der Waals surface area contributed by atoms with Crippen LogP contribution in [0.15, 0.2) is 39.6 Å². The molecule has 0 aliphatic heterocycles. The second-order valence-electron chi connectivity index (χ2n) is 4.08. The molecule has 1 aromatic heterocycles. The van der Waals surface area contributed by atoms with Crippen LogP contribution >= 0.6 is 11.8 Å². The van der Waals surface area contributed by atoms with Gasteiger partial charge in [0.1, 0.15) is 17.1 Å². The largest absolute Gasteiger partial charge is 0.478 e. The van der Waals surface area contributed by atoms with Gasteiger partial charge in [-0.15, -0.1) is 11.8 Å². The van der Waals surface area contributed by atoms with E-state index in [1.807, 2.05) is 0 Å². The number of carboxylic acid groups (broad SMARTS) is 2. The Morgan fingerprint density at radius 3 is 2.40 bits per heavy atom. The number of hydrogen-bond acceptors (Lipinski definition) is 4. The fourth-order valence-electron chi connectivity index (χ4n) is 1.75. The summed E-state index contributed by atoms with van der Waals surface area (Å²) >= 11 is 1.29. The van der Waals surface area contributed by atoms with Crippen LogP contribution in [0.3, 0.4) is 0 Å². The van der Waals surface area contributed by atoms with E-state index >= 15 is 0 Å². The van der Waals surface area contributed by atoms with Crippen LogP contribution in [0.4, 0.5) is 0 Å². The van der Waals surface area contributed by atoms with Crippen molar-refractivity contribution < 1.29 is 24.2 Å². The first-order valence-electron chi connectivity index (χ1n) is 5.76. The standard InChI is InChI=1S/C14H12O5S/c1-8-11(14(17)18)6-9(19-8)7-20-12-5-3-2-4-10(12)13(15)16/h2-6H,7H2,1H3,(H,15,16)(H,17,18). The molecule has 0 aliphatic rings. The van der Waals surface area contributed by atoms with Gasteiger partial charge in [-0.3, -0.25) is 0 Å². The van der Waals surface area contributed by atoms with E-state index < -0.39 is 11.9 Å². The van der Waals surface area contributed by atoms with Gasteiger partial charge in [0.25, 0.3) is 0 Å². The molecular weight excluding hydrogens is 280 g/mol. The monoisotopic (exact) mass is 292 g/mol. The molecule has 0 atom stereocenters. The maximum atomic E-state index is 11.1. The number of thioether (sulfide) groups is 1. The number of hydrogen-bond donors (Lipinski definition) is 2. The molecule has 2 rings (SSSR count). The average molecular weight is 292 g/mol. The minimum atomic E-state index is -1.03. The zero-order chi connectivity index (χ0) is 14.7. The molecule has 104 valence electrons. The van der Waals surface area contributed by atoms with Crippen molar-refractivity contribution in [3.8, 4) is 0 Å². The van der Waals surface area contributed by atoms with Crippen LogP contribution < -0.4 is 0 Å². The summed E-state index contributed by atoms with van der Waals surface area (Å²) in [6.07, 6.45) is 0. The maximum Gasteiger partial charge on any atom is 0.339 e. The zero-order valence-electron chi connectivity index (χ0n) is 10.6. The van der Waals surface area contributed by atoms with Crippen LogP contribution in [0, 0.1) is 6.92 Å². The van der Waals surface area contributed by atoms with E-state index in [1.165, 1.54) is 23.9 Å². The number of aryl methyl sites for hydroxylation is 1. The Balaban J connectivity index is 2.15. The first-order chi connectivity index (χ1) is 9.49. The van der Waals surface area contributed by atoms with Crippen molar-refractivity contribution in [2.75, 3.05) is 0 Å². The summed E-state index contributed by atoms with van der Waals surface area (Å²) in [4.78, 5) is 22.6. The Labute approximate surface area is 119 Å². The van der Waals surface area contributed by atoms with Gasteiger partial charge in [-0.1, -0.05) is 12.1 Å². The molecule has 0 unspecified atom stereocenters. The van der Waals surface area contributed by atoms with Crippen LogP contribution in [0.5, 0.6) is 0 Å². The summed E-state index contributed by atoms with van der Waals surface area (Å²) in [5.74, 6) is -0.800. The molecule has 0 spiro atoms. The van der Waals surface area contributed by atoms with Gasteiger partial charge >= 0.3 is 11.9 Å². The van der Waals surface area contributed by atoms with E-state index in [2.05, 4.69) is 0 Å². The molecular formula is C14H12O5S. The molecule has 0 fully saturated rings. The first-order valence-corrected chi connectivity index (χ1v) is 6.75. The van der Waals surface area contributed by atoms with Gasteiger partial charge in [0.15, 0.2) is 0 Å². The lowest BCUT2D eigenvalue weighted by molar-refractivity contribution is 0.0683. The van der Waals surface area contributed by atoms with Crippen molar-refractivity contribution in [3.63, 3.8) is 0 Å². The van der Waals surface area contributed by atoms with Crippen molar-refractivity contribution in [1.29, 1.82) is 0 Å². The molecule has 0 amide bonds. The molecule has 5 nitrogen and oxygen atoms in total. The van der Waals surface area contributed by atoms with E-state index in [4.69, 9.17) is 14.6 Å². The normalized spacial score (nSPS) is 10.4. The van der Waals surface area contributed by atoms with Gasteiger partial charge in [0.05, 0.1) is 11.3 Å². The molecule has 1 aromatic carbocycles. The van der Waals surface area contributed by atoms with Crippen molar-refractivity contribution in [3.05, 3.63) is 53.0 Å². The molecule has 0 radical (unpaired) electrons. The van der Waals surface area contributed by atoms with Gasteiger partial charge < -0.3 is 14.6 Å². The Kier molecular flexibility index (Phi) is 4.14. The third kappa shape index (κ3) is 3.03. The second kappa shape index (κ2) is 5.83. The van der Waals surface area contributed by atoms with Gasteiger partial charge in [0.2, 0.25) is 0 Å². The number of aromatic carboxylic acids is 2. The summed E-state index contributed by atoms with van der Waals surface area (Å²) in [6, 6.07) is 8.12. The molecule has 2 N–H and O–H groups in total. The lowest BCUT2D eigenvalue weighted by atomic mass is 10.2. The summed E-state index contributed by atoms with van der Waals surface area (Å²) in [5.41, 5.74) is 0.353. The highest BCUT2D eigenvalue weighted by Crippen LogP contribution is 2.28. The van der Waals surface area contributed by atoms with E-state index in [0.717, 1.165) is 0 Å².